The van der Waals surface area contributed by atoms with Crippen molar-refractivity contribution in [2.45, 2.75) is 45.4 Å². The summed E-state index contributed by atoms with van der Waals surface area (Å²) >= 11 is 1.49. The molecule has 236 valence electrons. The number of thiophene rings is 1. The predicted octanol–water partition coefficient (Wildman–Crippen LogP) is 7.51. The third-order valence-corrected chi connectivity index (χ3v) is 9.75. The fraction of sp³-hybridized carbons (Fsp3) is 0.306. The van der Waals surface area contributed by atoms with Crippen LogP contribution in [0.3, 0.4) is 0 Å². The number of hydrogen-bond acceptors (Lipinski definition) is 6. The summed E-state index contributed by atoms with van der Waals surface area (Å²) in [6.07, 6.45) is 6.37. The number of carbonyl (C=O) groups excluding carboxylic acids is 1. The van der Waals surface area contributed by atoms with Crippen molar-refractivity contribution in [1.82, 2.24) is 24.6 Å². The first-order valence-corrected chi connectivity index (χ1v) is 16.4. The normalized spacial score (nSPS) is 16.7. The van der Waals surface area contributed by atoms with E-state index in [2.05, 4.69) is 36.7 Å². The van der Waals surface area contributed by atoms with Crippen LogP contribution in [-0.2, 0) is 17.8 Å². The van der Waals surface area contributed by atoms with Gasteiger partial charge in [-0.05, 0) is 68.5 Å². The van der Waals surface area contributed by atoms with Gasteiger partial charge in [0.15, 0.2) is 0 Å². The Morgan fingerprint density at radius 3 is 2.74 bits per heavy atom. The highest BCUT2D eigenvalue weighted by atomic mass is 32.1. The second-order valence-corrected chi connectivity index (χ2v) is 13.3. The molecule has 10 heteroatoms. The van der Waals surface area contributed by atoms with E-state index in [1.54, 1.807) is 11.1 Å². The van der Waals surface area contributed by atoms with Crippen molar-refractivity contribution in [2.24, 2.45) is 0 Å². The number of pyridine rings is 1. The van der Waals surface area contributed by atoms with Crippen LogP contribution in [0.1, 0.15) is 37.4 Å². The standard InChI is InChI=1S/C36H35F2N5O2S/c1-5-31(44)42-12-9-27(20-42)43-19-25(17-39-43)35-33(32-29(38)15-26(37)16-30(32)45-21(2)3)36-28(10-13-46-36)34(40-35)23-6-7-24-18-41(4)11-8-22(24)14-23/h5-7,10,13-17,19,21,27H,1,8-9,11-12,18,20H2,2-4H3. The van der Waals surface area contributed by atoms with Gasteiger partial charge in [0.1, 0.15) is 17.4 Å². The minimum atomic E-state index is -0.721. The Labute approximate surface area is 270 Å². The number of halogens is 2. The van der Waals surface area contributed by atoms with Gasteiger partial charge in [-0.2, -0.15) is 5.10 Å². The SMILES string of the molecule is C=CC(=O)N1CCC(n2cc(-c3nc(-c4ccc5c(c4)CCN(C)C5)c4ccsc4c3-c3c(F)cc(F)cc3OC(C)C)cn2)C1. The zero-order valence-electron chi connectivity index (χ0n) is 26.1. The number of aromatic nitrogens is 3. The maximum Gasteiger partial charge on any atom is 0.246 e. The molecule has 3 aromatic heterocycles. The largest absolute Gasteiger partial charge is 0.490 e. The lowest BCUT2D eigenvalue weighted by molar-refractivity contribution is -0.125. The highest BCUT2D eigenvalue weighted by molar-refractivity contribution is 7.18. The highest BCUT2D eigenvalue weighted by Crippen LogP contribution is 2.47. The van der Waals surface area contributed by atoms with Crippen LogP contribution in [0.4, 0.5) is 8.78 Å². The molecule has 1 fully saturated rings. The topological polar surface area (TPSA) is 63.5 Å². The first kappa shape index (κ1) is 30.3. The van der Waals surface area contributed by atoms with Gasteiger partial charge in [0.05, 0.1) is 35.3 Å². The lowest BCUT2D eigenvalue weighted by Gasteiger charge is -2.25. The minimum absolute atomic E-state index is 0.0211. The summed E-state index contributed by atoms with van der Waals surface area (Å²) in [5.41, 5.74) is 6.32. The molecule has 2 aliphatic heterocycles. The zero-order chi connectivity index (χ0) is 32.1. The third-order valence-electron chi connectivity index (χ3n) is 8.82. The molecule has 0 aliphatic carbocycles. The number of benzene rings is 2. The van der Waals surface area contributed by atoms with Gasteiger partial charge in [0.2, 0.25) is 5.91 Å². The Balaban J connectivity index is 1.43. The monoisotopic (exact) mass is 639 g/mol. The van der Waals surface area contributed by atoms with Gasteiger partial charge in [-0.25, -0.2) is 13.8 Å². The Bertz CT molecular complexity index is 1980. The van der Waals surface area contributed by atoms with Crippen LogP contribution in [0.15, 0.2) is 66.8 Å². The van der Waals surface area contributed by atoms with E-state index in [0.29, 0.717) is 29.9 Å². The summed E-state index contributed by atoms with van der Waals surface area (Å²) in [5, 5.41) is 7.56. The van der Waals surface area contributed by atoms with Gasteiger partial charge in [-0.1, -0.05) is 18.7 Å². The fourth-order valence-electron chi connectivity index (χ4n) is 6.61. The van der Waals surface area contributed by atoms with E-state index >= 15 is 4.39 Å². The van der Waals surface area contributed by atoms with Gasteiger partial charge in [0, 0.05) is 71.3 Å². The van der Waals surface area contributed by atoms with Crippen LogP contribution < -0.4 is 4.74 Å². The molecule has 7 nitrogen and oxygen atoms in total. The van der Waals surface area contributed by atoms with Crippen LogP contribution in [0.5, 0.6) is 5.75 Å². The molecule has 0 radical (unpaired) electrons. The molecule has 5 aromatic rings. The molecular weight excluding hydrogens is 604 g/mol. The van der Waals surface area contributed by atoms with Crippen LogP contribution >= 0.6 is 11.3 Å². The molecule has 2 aromatic carbocycles. The number of ether oxygens (including phenoxy) is 1. The fourth-order valence-corrected chi connectivity index (χ4v) is 7.56. The van der Waals surface area contributed by atoms with Crippen LogP contribution in [0, 0.1) is 11.6 Å². The number of nitrogens with zero attached hydrogens (tertiary/aromatic N) is 5. The van der Waals surface area contributed by atoms with Crippen molar-refractivity contribution in [2.75, 3.05) is 26.7 Å². The molecular formula is C36H35F2N5O2S. The maximum atomic E-state index is 16.0. The number of rotatable bonds is 7. The minimum Gasteiger partial charge on any atom is -0.490 e. The van der Waals surface area contributed by atoms with E-state index in [4.69, 9.17) is 14.8 Å². The molecule has 0 saturated carbocycles. The molecule has 1 saturated heterocycles. The van der Waals surface area contributed by atoms with E-state index in [1.807, 2.05) is 36.2 Å². The first-order valence-electron chi connectivity index (χ1n) is 15.5. The number of hydrogen-bond donors (Lipinski definition) is 0. The van der Waals surface area contributed by atoms with Crippen molar-refractivity contribution >= 4 is 27.3 Å². The van der Waals surface area contributed by atoms with E-state index in [0.717, 1.165) is 53.3 Å². The molecule has 46 heavy (non-hydrogen) atoms. The van der Waals surface area contributed by atoms with Crippen molar-refractivity contribution in [3.8, 4) is 39.4 Å². The molecule has 0 bridgehead atoms. The third kappa shape index (κ3) is 5.49. The molecule has 5 heterocycles. The maximum absolute atomic E-state index is 16.0. The van der Waals surface area contributed by atoms with Gasteiger partial charge >= 0.3 is 0 Å². The first-order chi connectivity index (χ1) is 22.2. The van der Waals surface area contributed by atoms with Gasteiger partial charge in [-0.3, -0.25) is 9.48 Å². The van der Waals surface area contributed by atoms with Gasteiger partial charge in [0.25, 0.3) is 0 Å². The number of fused-ring (bicyclic) bond motifs is 2. The molecule has 0 N–H and O–H groups in total. The van der Waals surface area contributed by atoms with Crippen molar-refractivity contribution < 1.29 is 18.3 Å². The van der Waals surface area contributed by atoms with Crippen LogP contribution in [0.2, 0.25) is 0 Å². The number of carbonyl (C=O) groups is 1. The predicted molar refractivity (Wildman–Crippen MR) is 178 cm³/mol. The Morgan fingerprint density at radius 1 is 1.09 bits per heavy atom. The summed E-state index contributed by atoms with van der Waals surface area (Å²) in [5.74, 6) is -1.41. The Kier molecular flexibility index (Phi) is 7.94. The van der Waals surface area contributed by atoms with Crippen LogP contribution in [-0.4, -0.2) is 63.3 Å². The van der Waals surface area contributed by atoms with E-state index in [1.165, 1.54) is 34.6 Å². The number of likely N-dealkylation sites (tertiary alicyclic amines) is 1. The summed E-state index contributed by atoms with van der Waals surface area (Å²) in [6.45, 7) is 10.3. The van der Waals surface area contributed by atoms with E-state index < -0.39 is 11.6 Å². The Hall–Kier alpha value is -4.41. The highest BCUT2D eigenvalue weighted by Gasteiger charge is 2.29. The second-order valence-electron chi connectivity index (χ2n) is 12.4. The summed E-state index contributed by atoms with van der Waals surface area (Å²) in [4.78, 5) is 21.6. The number of amides is 1. The van der Waals surface area contributed by atoms with Crippen molar-refractivity contribution in [1.29, 1.82) is 0 Å². The quantitative estimate of drug-likeness (QED) is 0.173. The average Bonchev–Trinajstić information content (AvgIpc) is 3.81. The molecule has 1 unspecified atom stereocenters. The molecule has 1 amide bonds. The molecule has 0 spiro atoms. The summed E-state index contributed by atoms with van der Waals surface area (Å²) in [7, 11) is 2.13. The van der Waals surface area contributed by atoms with E-state index in [9.17, 15) is 9.18 Å². The van der Waals surface area contributed by atoms with E-state index in [-0.39, 0.29) is 29.4 Å². The smallest absolute Gasteiger partial charge is 0.246 e. The zero-order valence-corrected chi connectivity index (χ0v) is 26.9. The lowest BCUT2D eigenvalue weighted by atomic mass is 9.93. The molecule has 1 atom stereocenters. The second kappa shape index (κ2) is 12.1. The summed E-state index contributed by atoms with van der Waals surface area (Å²) < 4.78 is 39.3. The molecule has 7 rings (SSSR count). The van der Waals surface area contributed by atoms with Gasteiger partial charge < -0.3 is 14.5 Å². The van der Waals surface area contributed by atoms with Crippen LogP contribution in [0.25, 0.3) is 43.7 Å². The van der Waals surface area contributed by atoms with Crippen molar-refractivity contribution in [3.05, 3.63) is 89.6 Å². The average molecular weight is 640 g/mol. The number of likely N-dealkylation sites (N-methyl/N-ethyl adjacent to an activating group) is 1. The lowest BCUT2D eigenvalue weighted by Crippen LogP contribution is -2.27. The van der Waals surface area contributed by atoms with Crippen molar-refractivity contribution in [3.63, 3.8) is 0 Å². The Morgan fingerprint density at radius 2 is 1.93 bits per heavy atom. The molecule has 2 aliphatic rings. The van der Waals surface area contributed by atoms with Gasteiger partial charge in [-0.15, -0.1) is 11.3 Å². The summed E-state index contributed by atoms with van der Waals surface area (Å²) in [6, 6.07) is 10.6.